The van der Waals surface area contributed by atoms with E-state index in [0.717, 1.165) is 0 Å². The second kappa shape index (κ2) is 7.66. The molecule has 1 rings (SSSR count). The number of carboxylic acids is 1. The highest BCUT2D eigenvalue weighted by molar-refractivity contribution is 5.84. The number of furan rings is 1. The molecule has 2 atom stereocenters. The van der Waals surface area contributed by atoms with Crippen molar-refractivity contribution in [1.82, 2.24) is 10.6 Å². The molecule has 7 heteroatoms. The molecule has 0 aliphatic rings. The van der Waals surface area contributed by atoms with Gasteiger partial charge in [-0.25, -0.2) is 4.79 Å². The number of ether oxygens (including phenoxy) is 1. The van der Waals surface area contributed by atoms with Crippen molar-refractivity contribution in [3.63, 3.8) is 0 Å². The molecule has 1 heterocycles. The number of amides is 1. The molecule has 0 bridgehead atoms. The number of hydrogen-bond donors (Lipinski definition) is 3. The highest BCUT2D eigenvalue weighted by Crippen LogP contribution is 2.16. The topological polar surface area (TPSA) is 101 Å². The smallest absolute Gasteiger partial charge is 0.371 e. The SMILES string of the molecule is COCCNC(=O)C(C)NC(C)c1ccc(C(=O)O)o1. The van der Waals surface area contributed by atoms with E-state index in [2.05, 4.69) is 10.6 Å². The van der Waals surface area contributed by atoms with Crippen LogP contribution in [0.2, 0.25) is 0 Å². The molecule has 0 aromatic carbocycles. The summed E-state index contributed by atoms with van der Waals surface area (Å²) in [6, 6.07) is 2.27. The number of nitrogens with one attached hydrogen (secondary N) is 2. The van der Waals surface area contributed by atoms with Crippen LogP contribution >= 0.6 is 0 Å². The van der Waals surface area contributed by atoms with Gasteiger partial charge in [0.05, 0.1) is 18.7 Å². The summed E-state index contributed by atoms with van der Waals surface area (Å²) in [5.41, 5.74) is 0. The number of methoxy groups -OCH3 is 1. The summed E-state index contributed by atoms with van der Waals surface area (Å²) in [6.07, 6.45) is 0. The number of hydrogen-bond acceptors (Lipinski definition) is 5. The lowest BCUT2D eigenvalue weighted by Gasteiger charge is -2.18. The molecule has 0 saturated heterocycles. The average Bonchev–Trinajstić information content (AvgIpc) is 2.88. The van der Waals surface area contributed by atoms with Gasteiger partial charge >= 0.3 is 5.97 Å². The minimum Gasteiger partial charge on any atom is -0.475 e. The van der Waals surface area contributed by atoms with E-state index < -0.39 is 12.0 Å². The summed E-state index contributed by atoms with van der Waals surface area (Å²) in [4.78, 5) is 22.5. The molecule has 0 spiro atoms. The Balaban J connectivity index is 2.49. The van der Waals surface area contributed by atoms with Gasteiger partial charge in [-0.1, -0.05) is 0 Å². The predicted octanol–water partition coefficient (Wildman–Crippen LogP) is 0.779. The van der Waals surface area contributed by atoms with Crippen LogP contribution in [0.15, 0.2) is 16.5 Å². The van der Waals surface area contributed by atoms with Gasteiger partial charge in [-0.2, -0.15) is 0 Å². The van der Waals surface area contributed by atoms with Crippen molar-refractivity contribution < 1.29 is 23.8 Å². The highest BCUT2D eigenvalue weighted by Gasteiger charge is 2.19. The summed E-state index contributed by atoms with van der Waals surface area (Å²) in [6.45, 7) is 4.41. The molecular formula is C13H20N2O5. The second-order valence-corrected chi connectivity index (χ2v) is 4.40. The van der Waals surface area contributed by atoms with E-state index in [1.165, 1.54) is 6.07 Å². The fourth-order valence-electron chi connectivity index (χ4n) is 1.66. The fraction of sp³-hybridized carbons (Fsp3) is 0.538. The lowest BCUT2D eigenvalue weighted by Crippen LogP contribution is -2.43. The molecule has 0 fully saturated rings. The van der Waals surface area contributed by atoms with Crippen molar-refractivity contribution in [1.29, 1.82) is 0 Å². The highest BCUT2D eigenvalue weighted by atomic mass is 16.5. The molecule has 1 amide bonds. The van der Waals surface area contributed by atoms with Crippen molar-refractivity contribution in [2.75, 3.05) is 20.3 Å². The summed E-state index contributed by atoms with van der Waals surface area (Å²) in [5, 5.41) is 14.5. The normalized spacial score (nSPS) is 13.8. The van der Waals surface area contributed by atoms with Crippen LogP contribution in [-0.4, -0.2) is 43.3 Å². The van der Waals surface area contributed by atoms with Gasteiger partial charge in [0.2, 0.25) is 11.7 Å². The second-order valence-electron chi connectivity index (χ2n) is 4.40. The van der Waals surface area contributed by atoms with Crippen molar-refractivity contribution in [2.24, 2.45) is 0 Å². The van der Waals surface area contributed by atoms with Crippen LogP contribution in [0.5, 0.6) is 0 Å². The Morgan fingerprint density at radius 3 is 2.65 bits per heavy atom. The van der Waals surface area contributed by atoms with Crippen LogP contribution in [0, 0.1) is 0 Å². The van der Waals surface area contributed by atoms with Crippen molar-refractivity contribution in [3.8, 4) is 0 Å². The van der Waals surface area contributed by atoms with Gasteiger partial charge in [0.25, 0.3) is 0 Å². The van der Waals surface area contributed by atoms with E-state index in [0.29, 0.717) is 18.9 Å². The molecule has 0 saturated carbocycles. The van der Waals surface area contributed by atoms with Gasteiger partial charge in [-0.15, -0.1) is 0 Å². The zero-order valence-corrected chi connectivity index (χ0v) is 11.8. The molecule has 0 aliphatic carbocycles. The van der Waals surface area contributed by atoms with Gasteiger partial charge in [-0.3, -0.25) is 10.1 Å². The number of carbonyl (C=O) groups excluding carboxylic acids is 1. The van der Waals surface area contributed by atoms with E-state index in [9.17, 15) is 9.59 Å². The van der Waals surface area contributed by atoms with Gasteiger partial charge in [-0.05, 0) is 26.0 Å². The standard InChI is InChI=1S/C13H20N2O5/c1-8(10-4-5-11(20-10)13(17)18)15-9(2)12(16)14-6-7-19-3/h4-5,8-9,15H,6-7H2,1-3H3,(H,14,16)(H,17,18). The van der Waals surface area contributed by atoms with Gasteiger partial charge in [0.15, 0.2) is 0 Å². The number of carbonyl (C=O) groups is 2. The van der Waals surface area contributed by atoms with E-state index in [1.807, 2.05) is 0 Å². The van der Waals surface area contributed by atoms with E-state index in [1.54, 1.807) is 27.0 Å². The molecule has 112 valence electrons. The average molecular weight is 284 g/mol. The van der Waals surface area contributed by atoms with Crippen LogP contribution in [0.1, 0.15) is 36.2 Å². The predicted molar refractivity (Wildman–Crippen MR) is 71.6 cm³/mol. The largest absolute Gasteiger partial charge is 0.475 e. The molecule has 20 heavy (non-hydrogen) atoms. The maximum absolute atomic E-state index is 11.7. The van der Waals surface area contributed by atoms with Crippen molar-refractivity contribution >= 4 is 11.9 Å². The first-order chi connectivity index (χ1) is 9.45. The third-order valence-electron chi connectivity index (χ3n) is 2.76. The number of rotatable bonds is 8. The summed E-state index contributed by atoms with van der Waals surface area (Å²) < 4.78 is 10.0. The quantitative estimate of drug-likeness (QED) is 0.610. The lowest BCUT2D eigenvalue weighted by atomic mass is 10.2. The maximum atomic E-state index is 11.7. The monoisotopic (exact) mass is 284 g/mol. The summed E-state index contributed by atoms with van der Waals surface area (Å²) >= 11 is 0. The molecule has 2 unspecified atom stereocenters. The Labute approximate surface area is 117 Å². The molecule has 0 aliphatic heterocycles. The minimum absolute atomic E-state index is 0.120. The molecule has 1 aromatic rings. The summed E-state index contributed by atoms with van der Waals surface area (Å²) in [7, 11) is 1.56. The molecular weight excluding hydrogens is 264 g/mol. The Kier molecular flexibility index (Phi) is 6.20. The zero-order valence-electron chi connectivity index (χ0n) is 11.8. The Morgan fingerprint density at radius 2 is 2.10 bits per heavy atom. The molecule has 3 N–H and O–H groups in total. The van der Waals surface area contributed by atoms with Crippen LogP contribution in [0.4, 0.5) is 0 Å². The molecule has 0 radical (unpaired) electrons. The Hall–Kier alpha value is -1.86. The van der Waals surface area contributed by atoms with E-state index in [-0.39, 0.29) is 17.7 Å². The lowest BCUT2D eigenvalue weighted by molar-refractivity contribution is -0.123. The number of aromatic carboxylic acids is 1. The van der Waals surface area contributed by atoms with Crippen molar-refractivity contribution in [3.05, 3.63) is 23.7 Å². The van der Waals surface area contributed by atoms with Crippen LogP contribution in [-0.2, 0) is 9.53 Å². The summed E-state index contributed by atoms with van der Waals surface area (Å²) in [5.74, 6) is -0.919. The fourth-order valence-corrected chi connectivity index (χ4v) is 1.66. The van der Waals surface area contributed by atoms with E-state index >= 15 is 0 Å². The first-order valence-electron chi connectivity index (χ1n) is 6.31. The zero-order chi connectivity index (χ0) is 15.1. The number of carboxylic acid groups (broad SMARTS) is 1. The minimum atomic E-state index is -1.12. The van der Waals surface area contributed by atoms with Gasteiger partial charge in [0, 0.05) is 13.7 Å². The van der Waals surface area contributed by atoms with E-state index in [4.69, 9.17) is 14.3 Å². The van der Waals surface area contributed by atoms with Crippen molar-refractivity contribution in [2.45, 2.75) is 25.9 Å². The van der Waals surface area contributed by atoms with Crippen LogP contribution in [0.25, 0.3) is 0 Å². The third kappa shape index (κ3) is 4.67. The maximum Gasteiger partial charge on any atom is 0.371 e. The third-order valence-corrected chi connectivity index (χ3v) is 2.76. The van der Waals surface area contributed by atoms with Crippen LogP contribution < -0.4 is 10.6 Å². The molecule has 1 aromatic heterocycles. The molecule has 7 nitrogen and oxygen atoms in total. The van der Waals surface area contributed by atoms with Crippen LogP contribution in [0.3, 0.4) is 0 Å². The van der Waals surface area contributed by atoms with Gasteiger partial charge in [0.1, 0.15) is 5.76 Å². The Morgan fingerprint density at radius 1 is 1.40 bits per heavy atom. The first kappa shape index (κ1) is 16.2. The van der Waals surface area contributed by atoms with Gasteiger partial charge < -0.3 is 19.6 Å². The Bertz CT molecular complexity index is 457. The first-order valence-corrected chi connectivity index (χ1v) is 6.31.